The summed E-state index contributed by atoms with van der Waals surface area (Å²) < 4.78 is 31.1. The fourth-order valence-electron chi connectivity index (χ4n) is 1.72. The van der Waals surface area contributed by atoms with Gasteiger partial charge in [0.1, 0.15) is 12.0 Å². The standard InChI is InChI=1S/C11H12N4O5S/c1-2-12-8-4-3-5-9(11(8)15(16)17)21(18,19)14-10-6-7-20-13-10/h3-7,12H,2H2,1H3,(H,13,14). The van der Waals surface area contributed by atoms with E-state index >= 15 is 0 Å². The summed E-state index contributed by atoms with van der Waals surface area (Å²) in [5, 5.41) is 17.4. The zero-order valence-electron chi connectivity index (χ0n) is 10.9. The molecule has 9 nitrogen and oxygen atoms in total. The second kappa shape index (κ2) is 5.79. The highest BCUT2D eigenvalue weighted by molar-refractivity contribution is 7.92. The van der Waals surface area contributed by atoms with Gasteiger partial charge in [-0.1, -0.05) is 11.2 Å². The molecule has 112 valence electrons. The van der Waals surface area contributed by atoms with Crippen molar-refractivity contribution in [2.24, 2.45) is 0 Å². The largest absolute Gasteiger partial charge is 0.380 e. The van der Waals surface area contributed by atoms with Crippen LogP contribution in [-0.4, -0.2) is 25.0 Å². The quantitative estimate of drug-likeness (QED) is 0.615. The van der Waals surface area contributed by atoms with E-state index in [0.29, 0.717) is 6.54 Å². The Bertz CT molecular complexity index is 742. The van der Waals surface area contributed by atoms with Gasteiger partial charge in [-0.2, -0.15) is 0 Å². The number of para-hydroxylation sites is 1. The normalized spacial score (nSPS) is 11.1. The van der Waals surface area contributed by atoms with E-state index in [9.17, 15) is 18.5 Å². The summed E-state index contributed by atoms with van der Waals surface area (Å²) in [6, 6.07) is 5.30. The van der Waals surface area contributed by atoms with Gasteiger partial charge >= 0.3 is 5.69 Å². The SMILES string of the molecule is CCNc1cccc(S(=O)(=O)Nc2ccon2)c1[N+](=O)[O-]. The Morgan fingerprint density at radius 1 is 1.38 bits per heavy atom. The molecule has 2 rings (SSSR count). The lowest BCUT2D eigenvalue weighted by Crippen LogP contribution is -2.16. The highest BCUT2D eigenvalue weighted by Gasteiger charge is 2.29. The molecule has 2 N–H and O–H groups in total. The van der Waals surface area contributed by atoms with Gasteiger partial charge in [0.25, 0.3) is 10.0 Å². The molecule has 21 heavy (non-hydrogen) atoms. The minimum Gasteiger partial charge on any atom is -0.380 e. The number of nitrogens with zero attached hydrogens (tertiary/aromatic N) is 2. The number of hydrogen-bond donors (Lipinski definition) is 2. The van der Waals surface area contributed by atoms with Crippen molar-refractivity contribution in [2.45, 2.75) is 11.8 Å². The lowest BCUT2D eigenvalue weighted by molar-refractivity contribution is -0.386. The van der Waals surface area contributed by atoms with E-state index in [2.05, 4.69) is 19.7 Å². The minimum absolute atomic E-state index is 0.0573. The molecule has 2 aromatic rings. The molecule has 0 aliphatic rings. The third kappa shape index (κ3) is 3.11. The number of sulfonamides is 1. The van der Waals surface area contributed by atoms with Gasteiger partial charge in [-0.3, -0.25) is 14.8 Å². The summed E-state index contributed by atoms with van der Waals surface area (Å²) >= 11 is 0. The Labute approximate surface area is 120 Å². The van der Waals surface area contributed by atoms with Gasteiger partial charge in [-0.25, -0.2) is 8.42 Å². The summed E-state index contributed by atoms with van der Waals surface area (Å²) in [7, 11) is -4.15. The van der Waals surface area contributed by atoms with Crippen molar-refractivity contribution in [1.29, 1.82) is 0 Å². The predicted molar refractivity (Wildman–Crippen MR) is 74.6 cm³/mol. The number of anilines is 2. The Kier molecular flexibility index (Phi) is 4.08. The Morgan fingerprint density at radius 3 is 2.71 bits per heavy atom. The van der Waals surface area contributed by atoms with Crippen LogP contribution < -0.4 is 10.0 Å². The third-order valence-electron chi connectivity index (χ3n) is 2.52. The molecule has 1 heterocycles. The van der Waals surface area contributed by atoms with Crippen molar-refractivity contribution in [1.82, 2.24) is 5.16 Å². The monoisotopic (exact) mass is 312 g/mol. The molecule has 0 aliphatic carbocycles. The maximum Gasteiger partial charge on any atom is 0.312 e. The van der Waals surface area contributed by atoms with Crippen LogP contribution in [0.3, 0.4) is 0 Å². The molecule has 0 radical (unpaired) electrons. The van der Waals surface area contributed by atoms with Crippen molar-refractivity contribution in [3.8, 4) is 0 Å². The molecule has 0 bridgehead atoms. The summed E-state index contributed by atoms with van der Waals surface area (Å²) in [5.74, 6) is -0.0573. The van der Waals surface area contributed by atoms with Gasteiger partial charge in [0, 0.05) is 12.6 Å². The van der Waals surface area contributed by atoms with Crippen LogP contribution in [-0.2, 0) is 10.0 Å². The Morgan fingerprint density at radius 2 is 2.14 bits per heavy atom. The van der Waals surface area contributed by atoms with Gasteiger partial charge in [0.2, 0.25) is 0 Å². The van der Waals surface area contributed by atoms with E-state index in [1.807, 2.05) is 0 Å². The molecule has 0 aliphatic heterocycles. The van der Waals surface area contributed by atoms with E-state index in [4.69, 9.17) is 0 Å². The van der Waals surface area contributed by atoms with Gasteiger partial charge in [-0.15, -0.1) is 0 Å². The fraction of sp³-hybridized carbons (Fsp3) is 0.182. The molecule has 0 saturated carbocycles. The molecule has 0 fully saturated rings. The molecule has 1 aromatic heterocycles. The van der Waals surface area contributed by atoms with E-state index in [0.717, 1.165) is 6.07 Å². The number of nitro groups is 1. The van der Waals surface area contributed by atoms with Crippen LogP contribution in [0.25, 0.3) is 0 Å². The second-order valence-corrected chi connectivity index (χ2v) is 5.58. The second-order valence-electron chi connectivity index (χ2n) is 3.93. The van der Waals surface area contributed by atoms with Crippen molar-refractivity contribution < 1.29 is 17.9 Å². The molecular formula is C11H12N4O5S. The predicted octanol–water partition coefficient (Wildman–Crippen LogP) is 1.82. The summed E-state index contributed by atoms with van der Waals surface area (Å²) in [6.45, 7) is 2.17. The summed E-state index contributed by atoms with van der Waals surface area (Å²) in [6.07, 6.45) is 1.18. The fourth-order valence-corrected chi connectivity index (χ4v) is 2.91. The van der Waals surface area contributed by atoms with E-state index in [1.165, 1.54) is 24.5 Å². The number of nitro benzene ring substituents is 1. The molecule has 0 unspecified atom stereocenters. The smallest absolute Gasteiger partial charge is 0.312 e. The Balaban J connectivity index is 2.52. The van der Waals surface area contributed by atoms with E-state index in [1.54, 1.807) is 6.92 Å². The Hall–Kier alpha value is -2.62. The third-order valence-corrected chi connectivity index (χ3v) is 3.90. The number of rotatable bonds is 6. The average molecular weight is 312 g/mol. The van der Waals surface area contributed by atoms with Crippen molar-refractivity contribution >= 4 is 27.2 Å². The summed E-state index contributed by atoms with van der Waals surface area (Å²) in [4.78, 5) is 10.0. The first kappa shape index (κ1) is 14.8. The van der Waals surface area contributed by atoms with Crippen molar-refractivity contribution in [3.05, 3.63) is 40.6 Å². The molecule has 1 aromatic carbocycles. The van der Waals surface area contributed by atoms with Gasteiger partial charge < -0.3 is 9.84 Å². The van der Waals surface area contributed by atoms with Gasteiger partial charge in [-0.05, 0) is 19.1 Å². The molecule has 0 amide bonds. The molecule has 0 atom stereocenters. The first-order valence-electron chi connectivity index (χ1n) is 5.90. The first-order chi connectivity index (χ1) is 9.95. The topological polar surface area (TPSA) is 127 Å². The van der Waals surface area contributed by atoms with Crippen LogP contribution in [0.1, 0.15) is 6.92 Å². The number of benzene rings is 1. The van der Waals surface area contributed by atoms with Crippen LogP contribution in [0.15, 0.2) is 39.9 Å². The summed E-state index contributed by atoms with van der Waals surface area (Å²) in [5.41, 5.74) is -0.388. The van der Waals surface area contributed by atoms with Crippen molar-refractivity contribution in [3.63, 3.8) is 0 Å². The van der Waals surface area contributed by atoms with Crippen LogP contribution in [0.4, 0.5) is 17.2 Å². The molecule has 0 saturated heterocycles. The number of aromatic nitrogens is 1. The van der Waals surface area contributed by atoms with Crippen LogP contribution in [0.5, 0.6) is 0 Å². The number of nitrogens with one attached hydrogen (secondary N) is 2. The maximum atomic E-state index is 12.3. The molecule has 10 heteroatoms. The highest BCUT2D eigenvalue weighted by Crippen LogP contribution is 2.32. The van der Waals surface area contributed by atoms with Crippen LogP contribution in [0, 0.1) is 10.1 Å². The average Bonchev–Trinajstić information content (AvgIpc) is 2.90. The highest BCUT2D eigenvalue weighted by atomic mass is 32.2. The minimum atomic E-state index is -4.15. The van der Waals surface area contributed by atoms with Crippen LogP contribution in [0.2, 0.25) is 0 Å². The van der Waals surface area contributed by atoms with Gasteiger partial charge in [0.05, 0.1) is 4.92 Å². The van der Waals surface area contributed by atoms with Gasteiger partial charge in [0.15, 0.2) is 10.7 Å². The first-order valence-corrected chi connectivity index (χ1v) is 7.38. The van der Waals surface area contributed by atoms with E-state index in [-0.39, 0.29) is 11.5 Å². The lowest BCUT2D eigenvalue weighted by atomic mass is 10.2. The molecule has 0 spiro atoms. The van der Waals surface area contributed by atoms with Crippen molar-refractivity contribution in [2.75, 3.05) is 16.6 Å². The van der Waals surface area contributed by atoms with E-state index < -0.39 is 25.5 Å². The zero-order valence-corrected chi connectivity index (χ0v) is 11.8. The maximum absolute atomic E-state index is 12.3. The lowest BCUT2D eigenvalue weighted by Gasteiger charge is -2.09. The zero-order chi connectivity index (χ0) is 15.5. The van der Waals surface area contributed by atoms with Crippen LogP contribution >= 0.6 is 0 Å². The number of hydrogen-bond acceptors (Lipinski definition) is 7. The molecular weight excluding hydrogens is 300 g/mol.